The van der Waals surface area contributed by atoms with Crippen molar-refractivity contribution in [3.63, 3.8) is 0 Å². The number of carbonyl (C=O) groups is 1. The van der Waals surface area contributed by atoms with Gasteiger partial charge in [0.05, 0.1) is 0 Å². The number of thiol groups is 1. The molecule has 0 aliphatic carbocycles. The van der Waals surface area contributed by atoms with Gasteiger partial charge >= 0.3 is 5.97 Å². The molecular formula is C6H7NO2S. The Kier molecular flexibility index (Phi) is 1.72. The van der Waals surface area contributed by atoms with Crippen LogP contribution in [0, 0.1) is 6.92 Å². The molecule has 0 fully saturated rings. The first-order valence-corrected chi connectivity index (χ1v) is 3.18. The number of aryl methyl sites for hydroxylation is 1. The highest BCUT2D eigenvalue weighted by Gasteiger charge is 2.06. The smallest absolute Gasteiger partial charge is 0.352 e. The maximum Gasteiger partial charge on any atom is 0.352 e. The SMILES string of the molecule is Cc1[nH]c(C(=O)O)cc1S. The molecule has 0 saturated heterocycles. The quantitative estimate of drug-likeness (QED) is 0.538. The first-order valence-electron chi connectivity index (χ1n) is 2.73. The molecule has 0 atom stereocenters. The van der Waals surface area contributed by atoms with Gasteiger partial charge in [-0.2, -0.15) is 0 Å². The van der Waals surface area contributed by atoms with Crippen molar-refractivity contribution in [3.8, 4) is 0 Å². The number of hydrogen-bond donors (Lipinski definition) is 3. The molecule has 0 radical (unpaired) electrons. The van der Waals surface area contributed by atoms with E-state index >= 15 is 0 Å². The monoisotopic (exact) mass is 157 g/mol. The summed E-state index contributed by atoms with van der Waals surface area (Å²) in [5, 5.41) is 8.46. The molecular weight excluding hydrogens is 150 g/mol. The van der Waals surface area contributed by atoms with Crippen molar-refractivity contribution in [2.75, 3.05) is 0 Å². The fraction of sp³-hybridized carbons (Fsp3) is 0.167. The molecule has 1 rings (SSSR count). The third-order valence-corrected chi connectivity index (χ3v) is 1.68. The van der Waals surface area contributed by atoms with E-state index in [0.717, 1.165) is 5.69 Å². The molecule has 0 bridgehead atoms. The summed E-state index contributed by atoms with van der Waals surface area (Å²) in [6.45, 7) is 1.77. The van der Waals surface area contributed by atoms with Gasteiger partial charge in [0.1, 0.15) is 5.69 Å². The predicted molar refractivity (Wildman–Crippen MR) is 39.7 cm³/mol. The van der Waals surface area contributed by atoms with Gasteiger partial charge in [-0.15, -0.1) is 12.6 Å². The summed E-state index contributed by atoms with van der Waals surface area (Å²) in [6.07, 6.45) is 0. The van der Waals surface area contributed by atoms with Crippen LogP contribution in [-0.4, -0.2) is 16.1 Å². The van der Waals surface area contributed by atoms with E-state index in [-0.39, 0.29) is 5.69 Å². The average molecular weight is 157 g/mol. The minimum absolute atomic E-state index is 0.183. The summed E-state index contributed by atoms with van der Waals surface area (Å²) < 4.78 is 0. The Morgan fingerprint density at radius 2 is 2.40 bits per heavy atom. The fourth-order valence-corrected chi connectivity index (χ4v) is 0.847. The highest BCUT2D eigenvalue weighted by atomic mass is 32.1. The van der Waals surface area contributed by atoms with E-state index in [1.165, 1.54) is 6.07 Å². The Morgan fingerprint density at radius 1 is 1.80 bits per heavy atom. The topological polar surface area (TPSA) is 53.1 Å². The first-order chi connectivity index (χ1) is 4.61. The van der Waals surface area contributed by atoms with E-state index in [0.29, 0.717) is 4.90 Å². The van der Waals surface area contributed by atoms with Crippen molar-refractivity contribution in [1.82, 2.24) is 4.98 Å². The number of H-pyrrole nitrogens is 1. The van der Waals surface area contributed by atoms with Gasteiger partial charge < -0.3 is 10.1 Å². The number of hydrogen-bond acceptors (Lipinski definition) is 2. The van der Waals surface area contributed by atoms with Crippen molar-refractivity contribution in [2.45, 2.75) is 11.8 Å². The molecule has 54 valence electrons. The van der Waals surface area contributed by atoms with E-state index in [1.807, 2.05) is 0 Å². The van der Waals surface area contributed by atoms with Crippen LogP contribution in [0.2, 0.25) is 0 Å². The van der Waals surface area contributed by atoms with Gasteiger partial charge in [-0.1, -0.05) is 0 Å². The fourth-order valence-electron chi connectivity index (χ4n) is 0.662. The van der Waals surface area contributed by atoms with Gasteiger partial charge in [-0.25, -0.2) is 4.79 Å². The number of aromatic carboxylic acids is 1. The minimum Gasteiger partial charge on any atom is -0.477 e. The van der Waals surface area contributed by atoms with Crippen molar-refractivity contribution >= 4 is 18.6 Å². The number of carboxylic acid groups (broad SMARTS) is 1. The zero-order valence-electron chi connectivity index (χ0n) is 5.38. The van der Waals surface area contributed by atoms with Crippen LogP contribution >= 0.6 is 12.6 Å². The van der Waals surface area contributed by atoms with E-state index < -0.39 is 5.97 Å². The summed E-state index contributed by atoms with van der Waals surface area (Å²) in [6, 6.07) is 1.49. The van der Waals surface area contributed by atoms with Crippen LogP contribution in [0.25, 0.3) is 0 Å². The molecule has 1 aromatic rings. The second-order valence-electron chi connectivity index (χ2n) is 2.00. The zero-order valence-corrected chi connectivity index (χ0v) is 6.27. The molecule has 0 amide bonds. The molecule has 0 unspecified atom stereocenters. The Labute approximate surface area is 63.5 Å². The standard InChI is InChI=1S/C6H7NO2S/c1-3-5(10)2-4(7-3)6(8)9/h2,7,10H,1H3,(H,8,9). The number of nitrogens with one attached hydrogen (secondary N) is 1. The summed E-state index contributed by atoms with van der Waals surface area (Å²) >= 11 is 4.02. The third-order valence-electron chi connectivity index (χ3n) is 1.22. The molecule has 0 aromatic carbocycles. The average Bonchev–Trinajstić information content (AvgIpc) is 2.13. The zero-order chi connectivity index (χ0) is 7.72. The molecule has 2 N–H and O–H groups in total. The molecule has 10 heavy (non-hydrogen) atoms. The molecule has 1 aromatic heterocycles. The summed E-state index contributed by atoms with van der Waals surface area (Å²) in [4.78, 5) is 13.6. The van der Waals surface area contributed by atoms with Gasteiger partial charge in [-0.05, 0) is 13.0 Å². The molecule has 0 saturated carbocycles. The largest absolute Gasteiger partial charge is 0.477 e. The van der Waals surface area contributed by atoms with Gasteiger partial charge in [0.2, 0.25) is 0 Å². The maximum atomic E-state index is 10.3. The minimum atomic E-state index is -0.955. The second-order valence-corrected chi connectivity index (χ2v) is 2.48. The lowest BCUT2D eigenvalue weighted by molar-refractivity contribution is 0.0691. The Balaban J connectivity index is 3.10. The third kappa shape index (κ3) is 1.16. The van der Waals surface area contributed by atoms with E-state index in [4.69, 9.17) is 5.11 Å². The Morgan fingerprint density at radius 3 is 2.60 bits per heavy atom. The van der Waals surface area contributed by atoms with Crippen LogP contribution in [0.15, 0.2) is 11.0 Å². The van der Waals surface area contributed by atoms with Crippen molar-refractivity contribution in [2.24, 2.45) is 0 Å². The molecule has 1 heterocycles. The van der Waals surface area contributed by atoms with Crippen LogP contribution in [0.5, 0.6) is 0 Å². The molecule has 0 aliphatic rings. The van der Waals surface area contributed by atoms with Crippen LogP contribution in [0.1, 0.15) is 16.2 Å². The highest BCUT2D eigenvalue weighted by molar-refractivity contribution is 7.80. The van der Waals surface area contributed by atoms with Gasteiger partial charge in [0.15, 0.2) is 0 Å². The molecule has 4 heteroatoms. The van der Waals surface area contributed by atoms with Gasteiger partial charge in [-0.3, -0.25) is 0 Å². The molecule has 0 aliphatic heterocycles. The van der Waals surface area contributed by atoms with Crippen LogP contribution in [0.3, 0.4) is 0 Å². The number of aromatic amines is 1. The number of carboxylic acids is 1. The number of aromatic nitrogens is 1. The summed E-state index contributed by atoms with van der Waals surface area (Å²) in [5.41, 5.74) is 0.961. The van der Waals surface area contributed by atoms with Crippen LogP contribution in [0.4, 0.5) is 0 Å². The lowest BCUT2D eigenvalue weighted by atomic mass is 10.4. The van der Waals surface area contributed by atoms with Gasteiger partial charge in [0.25, 0.3) is 0 Å². The van der Waals surface area contributed by atoms with E-state index in [9.17, 15) is 4.79 Å². The summed E-state index contributed by atoms with van der Waals surface area (Å²) in [5.74, 6) is -0.955. The van der Waals surface area contributed by atoms with Crippen molar-refractivity contribution < 1.29 is 9.90 Å². The molecule has 3 nitrogen and oxygen atoms in total. The number of rotatable bonds is 1. The van der Waals surface area contributed by atoms with Crippen molar-refractivity contribution in [3.05, 3.63) is 17.5 Å². The lowest BCUT2D eigenvalue weighted by Gasteiger charge is -1.83. The lowest BCUT2D eigenvalue weighted by Crippen LogP contribution is -1.95. The Hall–Kier alpha value is -0.900. The van der Waals surface area contributed by atoms with Gasteiger partial charge in [0, 0.05) is 10.6 Å². The highest BCUT2D eigenvalue weighted by Crippen LogP contribution is 2.13. The predicted octanol–water partition coefficient (Wildman–Crippen LogP) is 1.31. The second kappa shape index (κ2) is 2.38. The van der Waals surface area contributed by atoms with E-state index in [2.05, 4.69) is 17.6 Å². The normalized spacial score (nSPS) is 9.80. The van der Waals surface area contributed by atoms with Crippen LogP contribution < -0.4 is 0 Å². The Bertz CT molecular complexity index is 247. The van der Waals surface area contributed by atoms with Crippen molar-refractivity contribution in [1.29, 1.82) is 0 Å². The van der Waals surface area contributed by atoms with Crippen LogP contribution in [-0.2, 0) is 0 Å². The molecule has 0 spiro atoms. The first kappa shape index (κ1) is 7.21. The summed E-state index contributed by atoms with van der Waals surface area (Å²) in [7, 11) is 0. The maximum absolute atomic E-state index is 10.3. The van der Waals surface area contributed by atoms with E-state index in [1.54, 1.807) is 6.92 Å².